The fraction of sp³-hybridized carbons (Fsp3) is 0.462. The fourth-order valence-corrected chi connectivity index (χ4v) is 5.28. The zero-order valence-electron chi connectivity index (χ0n) is 19.7. The van der Waals surface area contributed by atoms with Crippen molar-refractivity contribution >= 4 is 29.3 Å². The van der Waals surface area contributed by atoms with Crippen LogP contribution < -0.4 is 4.90 Å². The summed E-state index contributed by atoms with van der Waals surface area (Å²) in [6, 6.07) is 12.8. The number of likely N-dealkylation sites (tertiary alicyclic amines) is 1. The van der Waals surface area contributed by atoms with Crippen LogP contribution in [0.5, 0.6) is 0 Å². The molecule has 0 spiro atoms. The van der Waals surface area contributed by atoms with Gasteiger partial charge >= 0.3 is 0 Å². The molecule has 2 aromatic rings. The number of benzene rings is 1. The van der Waals surface area contributed by atoms with Gasteiger partial charge in [-0.25, -0.2) is 0 Å². The smallest absolute Gasteiger partial charge is 0.289 e. The summed E-state index contributed by atoms with van der Waals surface area (Å²) < 4.78 is 5.19. The summed E-state index contributed by atoms with van der Waals surface area (Å²) in [4.78, 5) is 58.2. The first-order chi connectivity index (χ1) is 17.0. The van der Waals surface area contributed by atoms with E-state index in [9.17, 15) is 19.2 Å². The van der Waals surface area contributed by atoms with Crippen LogP contribution in [0.4, 0.5) is 5.69 Å². The van der Waals surface area contributed by atoms with Crippen molar-refractivity contribution in [3.63, 3.8) is 0 Å². The number of amides is 4. The largest absolute Gasteiger partial charge is 0.459 e. The van der Waals surface area contributed by atoms with Crippen molar-refractivity contribution in [2.24, 2.45) is 11.8 Å². The second kappa shape index (κ2) is 9.93. The Bertz CT molecular complexity index is 1070. The van der Waals surface area contributed by atoms with E-state index < -0.39 is 0 Å². The summed E-state index contributed by atoms with van der Waals surface area (Å²) in [6.45, 7) is 3.44. The van der Waals surface area contributed by atoms with E-state index in [0.717, 1.165) is 5.69 Å². The molecule has 0 radical (unpaired) electrons. The van der Waals surface area contributed by atoms with Gasteiger partial charge in [-0.1, -0.05) is 18.2 Å². The summed E-state index contributed by atoms with van der Waals surface area (Å²) in [7, 11) is 0. The molecule has 184 valence electrons. The van der Waals surface area contributed by atoms with Crippen LogP contribution in [0.15, 0.2) is 53.1 Å². The number of hydrogen-bond acceptors (Lipinski definition) is 5. The lowest BCUT2D eigenvalue weighted by atomic mass is 9.93. The van der Waals surface area contributed by atoms with Crippen molar-refractivity contribution in [1.29, 1.82) is 0 Å². The molecular formula is C26H30N4O5. The standard InChI is InChI=1S/C26H30N4O5/c31-23-17-20(18-30(23)21-5-2-1-3-6-21)25(33)27-10-8-19(9-11-27)24(32)28-12-14-29(15-13-28)26(34)22-7-4-16-35-22/h1-7,16,19-20H,8-15,17-18H2. The summed E-state index contributed by atoms with van der Waals surface area (Å²) in [5, 5.41) is 0. The SMILES string of the molecule is O=C(c1ccco1)N1CCN(C(=O)C2CCN(C(=O)C3CC(=O)N(c4ccccc4)C3)CC2)CC1. The molecule has 35 heavy (non-hydrogen) atoms. The Morgan fingerprint density at radius 2 is 1.37 bits per heavy atom. The monoisotopic (exact) mass is 478 g/mol. The summed E-state index contributed by atoms with van der Waals surface area (Å²) in [5.74, 6) is -0.194. The Morgan fingerprint density at radius 3 is 2.03 bits per heavy atom. The van der Waals surface area contributed by atoms with Crippen molar-refractivity contribution < 1.29 is 23.6 Å². The van der Waals surface area contributed by atoms with Crippen LogP contribution in [0.2, 0.25) is 0 Å². The van der Waals surface area contributed by atoms with Gasteiger partial charge < -0.3 is 24.0 Å². The molecule has 9 heteroatoms. The van der Waals surface area contributed by atoms with E-state index in [1.165, 1.54) is 6.26 Å². The van der Waals surface area contributed by atoms with Crippen molar-refractivity contribution in [2.45, 2.75) is 19.3 Å². The molecule has 5 rings (SSSR count). The summed E-state index contributed by atoms with van der Waals surface area (Å²) in [5.41, 5.74) is 0.822. The maximum Gasteiger partial charge on any atom is 0.289 e. The molecule has 3 saturated heterocycles. The summed E-state index contributed by atoms with van der Waals surface area (Å²) in [6.07, 6.45) is 2.96. The van der Waals surface area contributed by atoms with Crippen LogP contribution in [-0.4, -0.2) is 84.1 Å². The van der Waals surface area contributed by atoms with Crippen LogP contribution in [0, 0.1) is 11.8 Å². The first-order valence-electron chi connectivity index (χ1n) is 12.3. The van der Waals surface area contributed by atoms with Crippen LogP contribution in [0.1, 0.15) is 29.8 Å². The minimum Gasteiger partial charge on any atom is -0.459 e. The minimum atomic E-state index is -0.338. The minimum absolute atomic E-state index is 0.00716. The van der Waals surface area contributed by atoms with E-state index in [4.69, 9.17) is 4.42 Å². The van der Waals surface area contributed by atoms with E-state index >= 15 is 0 Å². The van der Waals surface area contributed by atoms with Gasteiger partial charge in [0.15, 0.2) is 5.76 Å². The van der Waals surface area contributed by atoms with Gasteiger partial charge in [0.2, 0.25) is 17.7 Å². The highest BCUT2D eigenvalue weighted by Crippen LogP contribution is 2.28. The normalized spacial score (nSPS) is 21.5. The third-order valence-electron chi connectivity index (χ3n) is 7.31. The van der Waals surface area contributed by atoms with Gasteiger partial charge in [-0.2, -0.15) is 0 Å². The van der Waals surface area contributed by atoms with Crippen LogP contribution in [0.3, 0.4) is 0 Å². The fourth-order valence-electron chi connectivity index (χ4n) is 5.28. The third kappa shape index (κ3) is 4.80. The van der Waals surface area contributed by atoms with Gasteiger partial charge in [0.25, 0.3) is 5.91 Å². The Hall–Kier alpha value is -3.62. The molecule has 3 fully saturated rings. The molecule has 4 heterocycles. The lowest BCUT2D eigenvalue weighted by Gasteiger charge is -2.38. The number of hydrogen-bond donors (Lipinski definition) is 0. The highest BCUT2D eigenvalue weighted by Gasteiger charge is 2.39. The highest BCUT2D eigenvalue weighted by atomic mass is 16.3. The maximum atomic E-state index is 13.1. The second-order valence-electron chi connectivity index (χ2n) is 9.44. The Morgan fingerprint density at radius 1 is 0.743 bits per heavy atom. The number of anilines is 1. The molecule has 1 aromatic carbocycles. The quantitative estimate of drug-likeness (QED) is 0.669. The zero-order valence-corrected chi connectivity index (χ0v) is 19.7. The van der Waals surface area contributed by atoms with Crippen LogP contribution >= 0.6 is 0 Å². The number of furan rings is 1. The molecule has 0 saturated carbocycles. The van der Waals surface area contributed by atoms with E-state index in [2.05, 4.69) is 0 Å². The molecule has 3 aliphatic heterocycles. The molecule has 1 aromatic heterocycles. The molecule has 0 N–H and O–H groups in total. The second-order valence-corrected chi connectivity index (χ2v) is 9.44. The van der Waals surface area contributed by atoms with Gasteiger partial charge in [0.1, 0.15) is 0 Å². The molecule has 1 atom stereocenters. The summed E-state index contributed by atoms with van der Waals surface area (Å²) >= 11 is 0. The average Bonchev–Trinajstić information content (AvgIpc) is 3.58. The molecule has 0 aliphatic carbocycles. The maximum absolute atomic E-state index is 13.1. The lowest BCUT2D eigenvalue weighted by Crippen LogP contribution is -2.53. The number of piperazine rings is 1. The van der Waals surface area contributed by atoms with Gasteiger partial charge in [-0.3, -0.25) is 19.2 Å². The lowest BCUT2D eigenvalue weighted by molar-refractivity contribution is -0.143. The first-order valence-corrected chi connectivity index (χ1v) is 12.3. The number of carbonyl (C=O) groups excluding carboxylic acids is 4. The van der Waals surface area contributed by atoms with Crippen molar-refractivity contribution in [1.82, 2.24) is 14.7 Å². The van der Waals surface area contributed by atoms with Gasteiger partial charge in [0, 0.05) is 63.8 Å². The molecule has 1 unspecified atom stereocenters. The van der Waals surface area contributed by atoms with Crippen molar-refractivity contribution in [2.75, 3.05) is 50.7 Å². The number of nitrogens with zero attached hydrogens (tertiary/aromatic N) is 4. The Labute approximate surface area is 204 Å². The number of piperidine rings is 1. The molecule has 9 nitrogen and oxygen atoms in total. The highest BCUT2D eigenvalue weighted by molar-refractivity contribution is 6.00. The number of para-hydroxylation sites is 1. The topological polar surface area (TPSA) is 94.4 Å². The van der Waals surface area contributed by atoms with E-state index in [0.29, 0.717) is 64.4 Å². The molecule has 0 bridgehead atoms. The Kier molecular flexibility index (Phi) is 6.57. The predicted octanol–water partition coefficient (Wildman–Crippen LogP) is 1.86. The van der Waals surface area contributed by atoms with E-state index in [1.54, 1.807) is 21.9 Å². The zero-order chi connectivity index (χ0) is 24.4. The third-order valence-corrected chi connectivity index (χ3v) is 7.31. The van der Waals surface area contributed by atoms with Gasteiger partial charge in [0.05, 0.1) is 12.2 Å². The average molecular weight is 479 g/mol. The van der Waals surface area contributed by atoms with Crippen molar-refractivity contribution in [3.8, 4) is 0 Å². The van der Waals surface area contributed by atoms with Crippen LogP contribution in [0.25, 0.3) is 0 Å². The van der Waals surface area contributed by atoms with E-state index in [-0.39, 0.29) is 41.9 Å². The predicted molar refractivity (Wildman–Crippen MR) is 127 cm³/mol. The Balaban J connectivity index is 1.09. The van der Waals surface area contributed by atoms with Crippen molar-refractivity contribution in [3.05, 3.63) is 54.5 Å². The van der Waals surface area contributed by atoms with E-state index in [1.807, 2.05) is 40.1 Å². The van der Waals surface area contributed by atoms with Gasteiger partial charge in [-0.15, -0.1) is 0 Å². The molecule has 3 aliphatic rings. The molecular weight excluding hydrogens is 448 g/mol. The van der Waals surface area contributed by atoms with Gasteiger partial charge in [-0.05, 0) is 37.1 Å². The number of carbonyl (C=O) groups is 4. The first kappa shape index (κ1) is 23.1. The van der Waals surface area contributed by atoms with Crippen LogP contribution in [-0.2, 0) is 14.4 Å². The molecule has 4 amide bonds. The number of rotatable bonds is 4.